The van der Waals surface area contributed by atoms with Crippen LogP contribution in [0.1, 0.15) is 42.6 Å². The van der Waals surface area contributed by atoms with E-state index in [1.807, 2.05) is 12.1 Å². The molecule has 2 rings (SSSR count). The number of benzene rings is 2. The van der Waals surface area contributed by atoms with Crippen molar-refractivity contribution in [3.63, 3.8) is 0 Å². The number of carbonyl (C=O) groups excluding carboxylic acids is 2. The van der Waals surface area contributed by atoms with E-state index in [4.69, 9.17) is 4.74 Å². The van der Waals surface area contributed by atoms with E-state index in [9.17, 15) is 18.4 Å². The van der Waals surface area contributed by atoms with Crippen molar-refractivity contribution in [3.8, 4) is 5.75 Å². The zero-order valence-electron chi connectivity index (χ0n) is 15.2. The first-order chi connectivity index (χ1) is 12.8. The minimum atomic E-state index is -3.08. The molecule has 144 valence electrons. The van der Waals surface area contributed by atoms with Crippen LogP contribution in [0.5, 0.6) is 5.75 Å². The van der Waals surface area contributed by atoms with Crippen molar-refractivity contribution in [2.75, 3.05) is 5.32 Å². The van der Waals surface area contributed by atoms with E-state index in [2.05, 4.69) is 23.9 Å². The van der Waals surface area contributed by atoms with E-state index < -0.39 is 24.6 Å². The lowest BCUT2D eigenvalue weighted by Crippen LogP contribution is -2.30. The average molecular weight is 377 g/mol. The summed E-state index contributed by atoms with van der Waals surface area (Å²) in [5.74, 6) is -1.41. The number of alkyl halides is 2. The van der Waals surface area contributed by atoms with Gasteiger partial charge in [0, 0.05) is 5.69 Å². The first-order valence-corrected chi connectivity index (χ1v) is 8.43. The van der Waals surface area contributed by atoms with Crippen LogP contribution >= 0.6 is 0 Å². The van der Waals surface area contributed by atoms with Crippen molar-refractivity contribution in [2.24, 2.45) is 0 Å². The second kappa shape index (κ2) is 9.12. The number of halogens is 2. The number of amides is 1. The van der Waals surface area contributed by atoms with E-state index in [0.717, 1.165) is 5.56 Å². The molecule has 0 aromatic heterocycles. The summed E-state index contributed by atoms with van der Waals surface area (Å²) >= 11 is 0. The predicted octanol–water partition coefficient (Wildman–Crippen LogP) is 4.60. The third-order valence-corrected chi connectivity index (χ3v) is 3.82. The van der Waals surface area contributed by atoms with Crippen molar-refractivity contribution >= 4 is 17.6 Å². The van der Waals surface area contributed by atoms with Crippen molar-refractivity contribution in [1.82, 2.24) is 0 Å². The van der Waals surface area contributed by atoms with Gasteiger partial charge in [-0.05, 0) is 42.7 Å². The molecular weight excluding hydrogens is 356 g/mol. The number of hydrogen-bond donors (Lipinski definition) is 1. The summed E-state index contributed by atoms with van der Waals surface area (Å²) in [4.78, 5) is 24.4. The van der Waals surface area contributed by atoms with Crippen molar-refractivity contribution < 1.29 is 27.8 Å². The van der Waals surface area contributed by atoms with E-state index in [1.165, 1.54) is 31.2 Å². The van der Waals surface area contributed by atoms with Crippen molar-refractivity contribution in [3.05, 3.63) is 59.7 Å². The van der Waals surface area contributed by atoms with Crippen LogP contribution in [0.3, 0.4) is 0 Å². The quantitative estimate of drug-likeness (QED) is 0.717. The second-order valence-electron chi connectivity index (χ2n) is 6.19. The van der Waals surface area contributed by atoms with Crippen LogP contribution in [-0.2, 0) is 9.53 Å². The summed E-state index contributed by atoms with van der Waals surface area (Å²) in [6, 6.07) is 12.8. The normalized spacial score (nSPS) is 12.0. The Labute approximate surface area is 156 Å². The van der Waals surface area contributed by atoms with Gasteiger partial charge >= 0.3 is 12.6 Å². The lowest BCUT2D eigenvalue weighted by molar-refractivity contribution is -0.123. The van der Waals surface area contributed by atoms with Gasteiger partial charge in [-0.2, -0.15) is 8.78 Å². The first kappa shape index (κ1) is 20.4. The molecule has 0 spiro atoms. The van der Waals surface area contributed by atoms with E-state index in [-0.39, 0.29) is 11.3 Å². The zero-order chi connectivity index (χ0) is 20.0. The molecule has 0 aliphatic heterocycles. The van der Waals surface area contributed by atoms with Gasteiger partial charge in [-0.15, -0.1) is 0 Å². The lowest BCUT2D eigenvalue weighted by Gasteiger charge is -2.15. The molecule has 0 bridgehead atoms. The number of carbonyl (C=O) groups is 2. The van der Waals surface area contributed by atoms with Gasteiger partial charge in [0.05, 0.1) is 0 Å². The van der Waals surface area contributed by atoms with Gasteiger partial charge in [-0.25, -0.2) is 4.79 Å². The Bertz CT molecular complexity index is 791. The second-order valence-corrected chi connectivity index (χ2v) is 6.19. The Hall–Kier alpha value is -2.96. The van der Waals surface area contributed by atoms with Crippen molar-refractivity contribution in [1.29, 1.82) is 0 Å². The van der Waals surface area contributed by atoms with Gasteiger partial charge in [0.1, 0.15) is 11.3 Å². The molecule has 0 saturated heterocycles. The fourth-order valence-electron chi connectivity index (χ4n) is 2.31. The molecule has 27 heavy (non-hydrogen) atoms. The van der Waals surface area contributed by atoms with Crippen LogP contribution in [0.15, 0.2) is 48.5 Å². The SMILES string of the molecule is CC(C)c1ccc(NC(=O)[C@H](C)OC(=O)c2ccccc2OC(F)F)cc1. The molecular formula is C20H21F2NO4. The van der Waals surface area contributed by atoms with Crippen LogP contribution in [0, 0.1) is 0 Å². The molecule has 2 aromatic carbocycles. The molecule has 0 aliphatic rings. The summed E-state index contributed by atoms with van der Waals surface area (Å²) < 4.78 is 34.3. The van der Waals surface area contributed by atoms with Crippen LogP contribution in [0.4, 0.5) is 14.5 Å². The van der Waals surface area contributed by atoms with Gasteiger partial charge in [0.25, 0.3) is 5.91 Å². The Kier molecular flexibility index (Phi) is 6.87. The van der Waals surface area contributed by atoms with Crippen LogP contribution in [-0.4, -0.2) is 24.6 Å². The van der Waals surface area contributed by atoms with E-state index in [0.29, 0.717) is 11.6 Å². The maximum Gasteiger partial charge on any atom is 0.387 e. The monoisotopic (exact) mass is 377 g/mol. The van der Waals surface area contributed by atoms with E-state index >= 15 is 0 Å². The molecule has 2 aromatic rings. The Morgan fingerprint density at radius 3 is 2.19 bits per heavy atom. The standard InChI is InChI=1S/C20H21F2NO4/c1-12(2)14-8-10-15(11-9-14)23-18(24)13(3)26-19(25)16-6-4-5-7-17(16)27-20(21)22/h4-13,20H,1-3H3,(H,23,24)/t13-/m0/s1. The first-order valence-electron chi connectivity index (χ1n) is 8.43. The minimum Gasteiger partial charge on any atom is -0.449 e. The van der Waals surface area contributed by atoms with Gasteiger partial charge in [-0.3, -0.25) is 4.79 Å². The van der Waals surface area contributed by atoms with E-state index in [1.54, 1.807) is 12.1 Å². The summed E-state index contributed by atoms with van der Waals surface area (Å²) in [5.41, 5.74) is 1.51. The third-order valence-electron chi connectivity index (χ3n) is 3.82. The van der Waals surface area contributed by atoms with Crippen molar-refractivity contribution in [2.45, 2.75) is 39.4 Å². The highest BCUT2D eigenvalue weighted by Crippen LogP contribution is 2.22. The molecule has 0 saturated carbocycles. The third kappa shape index (κ3) is 5.77. The van der Waals surface area contributed by atoms with Gasteiger partial charge < -0.3 is 14.8 Å². The molecule has 1 atom stereocenters. The Balaban J connectivity index is 2.00. The average Bonchev–Trinajstić information content (AvgIpc) is 2.61. The number of para-hydroxylation sites is 1. The number of ether oxygens (including phenoxy) is 2. The topological polar surface area (TPSA) is 64.6 Å². The highest BCUT2D eigenvalue weighted by atomic mass is 19.3. The predicted molar refractivity (Wildman–Crippen MR) is 97.1 cm³/mol. The highest BCUT2D eigenvalue weighted by molar-refractivity contribution is 5.98. The maximum absolute atomic E-state index is 12.4. The minimum absolute atomic E-state index is 0.182. The molecule has 5 nitrogen and oxygen atoms in total. The molecule has 7 heteroatoms. The lowest BCUT2D eigenvalue weighted by atomic mass is 10.0. The van der Waals surface area contributed by atoms with Gasteiger partial charge in [0.15, 0.2) is 6.10 Å². The molecule has 1 N–H and O–H groups in total. The van der Waals surface area contributed by atoms with Crippen LogP contribution in [0.25, 0.3) is 0 Å². The highest BCUT2D eigenvalue weighted by Gasteiger charge is 2.22. The summed E-state index contributed by atoms with van der Waals surface area (Å²) in [6.45, 7) is 2.44. The largest absolute Gasteiger partial charge is 0.449 e. The number of esters is 1. The molecule has 0 radical (unpaired) electrons. The molecule has 0 fully saturated rings. The zero-order valence-corrected chi connectivity index (χ0v) is 15.2. The number of rotatable bonds is 7. The number of anilines is 1. The fourth-order valence-corrected chi connectivity index (χ4v) is 2.31. The summed E-state index contributed by atoms with van der Waals surface area (Å²) in [5, 5.41) is 2.64. The molecule has 0 unspecified atom stereocenters. The van der Waals surface area contributed by atoms with Gasteiger partial charge in [-0.1, -0.05) is 38.1 Å². The Morgan fingerprint density at radius 2 is 1.59 bits per heavy atom. The number of nitrogens with one attached hydrogen (secondary N) is 1. The summed E-state index contributed by atoms with van der Waals surface area (Å²) in [6.07, 6.45) is -1.12. The molecule has 1 amide bonds. The molecule has 0 aliphatic carbocycles. The van der Waals surface area contributed by atoms with Crippen LogP contribution in [0.2, 0.25) is 0 Å². The van der Waals surface area contributed by atoms with Gasteiger partial charge in [0.2, 0.25) is 0 Å². The smallest absolute Gasteiger partial charge is 0.387 e. The summed E-state index contributed by atoms with van der Waals surface area (Å²) in [7, 11) is 0. The fraction of sp³-hybridized carbons (Fsp3) is 0.300. The number of hydrogen-bond acceptors (Lipinski definition) is 4. The van der Waals surface area contributed by atoms with Crippen LogP contribution < -0.4 is 10.1 Å². The maximum atomic E-state index is 12.4. The Morgan fingerprint density at radius 1 is 0.963 bits per heavy atom. The molecule has 0 heterocycles.